The van der Waals surface area contributed by atoms with E-state index in [0.717, 1.165) is 44.6 Å². The van der Waals surface area contributed by atoms with Gasteiger partial charge in [-0.1, -0.05) is 108 Å². The Morgan fingerprint density at radius 3 is 1.50 bits per heavy atom. The van der Waals surface area contributed by atoms with E-state index in [-0.39, 0.29) is 0 Å². The minimum absolute atomic E-state index is 0.601. The zero-order valence-electron chi connectivity index (χ0n) is 30.0. The van der Waals surface area contributed by atoms with Crippen molar-refractivity contribution in [2.24, 2.45) is 0 Å². The van der Waals surface area contributed by atoms with Crippen LogP contribution in [-0.4, -0.2) is 14.1 Å². The van der Waals surface area contributed by atoms with Crippen LogP contribution in [0.3, 0.4) is 0 Å². The van der Waals surface area contributed by atoms with Gasteiger partial charge in [-0.3, -0.25) is 4.98 Å². The average molecular weight is 691 g/mol. The monoisotopic (exact) mass is 690 g/mol. The van der Waals surface area contributed by atoms with Crippen molar-refractivity contribution in [1.29, 1.82) is 5.26 Å². The molecule has 0 fully saturated rings. The van der Waals surface area contributed by atoms with Gasteiger partial charge in [0, 0.05) is 38.9 Å². The van der Waals surface area contributed by atoms with Crippen molar-refractivity contribution in [2.45, 2.75) is 13.8 Å². The molecule has 10 aromatic rings. The van der Waals surface area contributed by atoms with Crippen LogP contribution in [0.25, 0.3) is 88.4 Å². The van der Waals surface area contributed by atoms with Crippen LogP contribution >= 0.6 is 0 Å². The molecule has 3 heterocycles. The van der Waals surface area contributed by atoms with Gasteiger partial charge in [0.15, 0.2) is 0 Å². The first-order valence-corrected chi connectivity index (χ1v) is 18.3. The van der Waals surface area contributed by atoms with E-state index in [4.69, 9.17) is 4.98 Å². The summed E-state index contributed by atoms with van der Waals surface area (Å²) in [5.41, 5.74) is 16.1. The first kappa shape index (κ1) is 31.5. The van der Waals surface area contributed by atoms with Gasteiger partial charge in [0.2, 0.25) is 0 Å². The summed E-state index contributed by atoms with van der Waals surface area (Å²) in [6.07, 6.45) is 3.81. The van der Waals surface area contributed by atoms with Crippen LogP contribution in [0.4, 0.5) is 0 Å². The van der Waals surface area contributed by atoms with E-state index in [0.29, 0.717) is 5.56 Å². The Morgan fingerprint density at radius 1 is 0.444 bits per heavy atom. The Labute approximate surface area is 313 Å². The lowest BCUT2D eigenvalue weighted by Gasteiger charge is -2.18. The Bertz CT molecular complexity index is 3120. The maximum Gasteiger partial charge on any atom is 0.0991 e. The van der Waals surface area contributed by atoms with Crippen molar-refractivity contribution in [2.75, 3.05) is 0 Å². The molecule has 7 aromatic carbocycles. The summed E-state index contributed by atoms with van der Waals surface area (Å²) < 4.78 is 4.68. The highest BCUT2D eigenvalue weighted by atomic mass is 15.0. The molecule has 4 nitrogen and oxygen atoms in total. The molecule has 0 bridgehead atoms. The smallest absolute Gasteiger partial charge is 0.0991 e. The quantitative estimate of drug-likeness (QED) is 0.180. The Morgan fingerprint density at radius 2 is 0.944 bits per heavy atom. The first-order valence-electron chi connectivity index (χ1n) is 18.3. The van der Waals surface area contributed by atoms with Gasteiger partial charge < -0.3 is 9.13 Å². The highest BCUT2D eigenvalue weighted by Gasteiger charge is 2.21. The fourth-order valence-corrected chi connectivity index (χ4v) is 8.12. The number of hydrogen-bond donors (Lipinski definition) is 0. The summed E-state index contributed by atoms with van der Waals surface area (Å²) in [5.74, 6) is 0. The molecule has 3 aromatic heterocycles. The third kappa shape index (κ3) is 5.02. The second-order valence-electron chi connectivity index (χ2n) is 14.1. The topological polar surface area (TPSA) is 46.5 Å². The number of nitriles is 1. The average Bonchev–Trinajstić information content (AvgIpc) is 3.73. The zero-order valence-corrected chi connectivity index (χ0v) is 30.0. The van der Waals surface area contributed by atoms with Crippen LogP contribution in [0.15, 0.2) is 170 Å². The van der Waals surface area contributed by atoms with Gasteiger partial charge in [-0.2, -0.15) is 5.26 Å². The minimum Gasteiger partial charge on any atom is -0.309 e. The van der Waals surface area contributed by atoms with Crippen LogP contribution in [-0.2, 0) is 0 Å². The van der Waals surface area contributed by atoms with Gasteiger partial charge in [-0.15, -0.1) is 0 Å². The molecule has 0 aliphatic heterocycles. The molecule has 0 unspecified atom stereocenters. The van der Waals surface area contributed by atoms with Gasteiger partial charge >= 0.3 is 0 Å². The second kappa shape index (κ2) is 12.5. The van der Waals surface area contributed by atoms with E-state index in [9.17, 15) is 5.26 Å². The SMILES string of the molecule is Cc1ccc(-c2ccc3c(c2)c2ccccc2n3-c2ccc(C#N)cc2-c2ccncc2-n2c3ccccc3c3cc(-c4ccc(C)cc4)ccc32)cc1. The zero-order chi connectivity index (χ0) is 36.3. The highest BCUT2D eigenvalue weighted by Crippen LogP contribution is 2.42. The molecular weight excluding hydrogens is 657 g/mol. The predicted octanol–water partition coefficient (Wildman–Crippen LogP) is 12.8. The molecule has 0 atom stereocenters. The molecule has 0 saturated heterocycles. The van der Waals surface area contributed by atoms with Gasteiger partial charge in [0.05, 0.1) is 51.3 Å². The number of rotatable bonds is 5. The van der Waals surface area contributed by atoms with E-state index < -0.39 is 0 Å². The number of pyridine rings is 1. The fourth-order valence-electron chi connectivity index (χ4n) is 8.12. The minimum atomic E-state index is 0.601. The van der Waals surface area contributed by atoms with Crippen LogP contribution in [0.5, 0.6) is 0 Å². The van der Waals surface area contributed by atoms with Gasteiger partial charge in [0.25, 0.3) is 0 Å². The normalized spacial score (nSPS) is 11.5. The van der Waals surface area contributed by atoms with Crippen molar-refractivity contribution in [3.63, 3.8) is 0 Å². The fraction of sp³-hybridized carbons (Fsp3) is 0.0400. The Kier molecular flexibility index (Phi) is 7.28. The number of hydrogen-bond acceptors (Lipinski definition) is 2. The molecule has 0 aliphatic rings. The summed E-state index contributed by atoms with van der Waals surface area (Å²) in [5, 5.41) is 14.9. The van der Waals surface area contributed by atoms with E-state index in [1.165, 1.54) is 54.9 Å². The third-order valence-corrected chi connectivity index (χ3v) is 10.8. The summed E-state index contributed by atoms with van der Waals surface area (Å²) in [4.78, 5) is 4.70. The van der Waals surface area contributed by atoms with Crippen molar-refractivity contribution in [1.82, 2.24) is 14.1 Å². The second-order valence-corrected chi connectivity index (χ2v) is 14.1. The van der Waals surface area contributed by atoms with Gasteiger partial charge in [0.1, 0.15) is 0 Å². The number of benzene rings is 7. The predicted molar refractivity (Wildman–Crippen MR) is 223 cm³/mol. The largest absolute Gasteiger partial charge is 0.309 e. The van der Waals surface area contributed by atoms with Crippen molar-refractivity contribution in [3.05, 3.63) is 187 Å². The number of fused-ring (bicyclic) bond motifs is 6. The van der Waals surface area contributed by atoms with E-state index in [1.54, 1.807) is 0 Å². The van der Waals surface area contributed by atoms with E-state index >= 15 is 0 Å². The number of para-hydroxylation sites is 2. The molecule has 0 radical (unpaired) electrons. The van der Waals surface area contributed by atoms with Crippen molar-refractivity contribution >= 4 is 43.6 Å². The summed E-state index contributed by atoms with van der Waals surface area (Å²) in [7, 11) is 0. The molecule has 0 saturated carbocycles. The highest BCUT2D eigenvalue weighted by molar-refractivity contribution is 6.12. The molecule has 0 N–H and O–H groups in total. The van der Waals surface area contributed by atoms with Crippen molar-refractivity contribution in [3.8, 4) is 50.8 Å². The molecular formula is C50H34N4. The van der Waals surface area contributed by atoms with E-state index in [2.05, 4.69) is 175 Å². The third-order valence-electron chi connectivity index (χ3n) is 10.8. The Balaban J connectivity index is 1.22. The lowest BCUT2D eigenvalue weighted by atomic mass is 9.99. The molecule has 4 heteroatoms. The molecule has 0 aliphatic carbocycles. The summed E-state index contributed by atoms with van der Waals surface area (Å²) >= 11 is 0. The van der Waals surface area contributed by atoms with Gasteiger partial charge in [-0.25, -0.2) is 0 Å². The number of aromatic nitrogens is 3. The van der Waals surface area contributed by atoms with Crippen LogP contribution < -0.4 is 0 Å². The standard InChI is InChI=1S/C50H34N4/c1-32-11-16-35(17-12-32)37-20-23-48-43(28-37)39-7-3-5-9-45(39)53(48)47-22-15-34(30-51)27-42(47)41-25-26-52-31-50(41)54-46-10-6-4-8-40(46)44-29-38(21-24-49(44)54)36-18-13-33(2)14-19-36/h3-29,31H,1-2H3. The lowest BCUT2D eigenvalue weighted by molar-refractivity contribution is 1.13. The molecule has 0 spiro atoms. The maximum atomic E-state index is 10.2. The maximum absolute atomic E-state index is 10.2. The molecule has 254 valence electrons. The number of aryl methyl sites for hydroxylation is 2. The number of nitrogens with zero attached hydrogens (tertiary/aromatic N) is 4. The lowest BCUT2D eigenvalue weighted by Crippen LogP contribution is -2.02. The Hall–Kier alpha value is -7.22. The molecule has 10 rings (SSSR count). The molecule has 54 heavy (non-hydrogen) atoms. The van der Waals surface area contributed by atoms with Crippen LogP contribution in [0.1, 0.15) is 16.7 Å². The summed E-state index contributed by atoms with van der Waals surface area (Å²) in [6, 6.07) is 58.7. The van der Waals surface area contributed by atoms with Crippen LogP contribution in [0, 0.1) is 25.2 Å². The molecule has 0 amide bonds. The van der Waals surface area contributed by atoms with Crippen molar-refractivity contribution < 1.29 is 0 Å². The van der Waals surface area contributed by atoms with Gasteiger partial charge in [-0.05, 0) is 96.8 Å². The first-order chi connectivity index (χ1) is 26.6. The van der Waals surface area contributed by atoms with Crippen LogP contribution in [0.2, 0.25) is 0 Å². The van der Waals surface area contributed by atoms with E-state index in [1.807, 2.05) is 24.5 Å². The summed E-state index contributed by atoms with van der Waals surface area (Å²) in [6.45, 7) is 4.24.